The van der Waals surface area contributed by atoms with E-state index < -0.39 is 0 Å². The van der Waals surface area contributed by atoms with Gasteiger partial charge in [-0.25, -0.2) is 0 Å². The second-order valence-corrected chi connectivity index (χ2v) is 4.64. The second kappa shape index (κ2) is 6.95. The van der Waals surface area contributed by atoms with E-state index in [1.165, 1.54) is 6.20 Å². The summed E-state index contributed by atoms with van der Waals surface area (Å²) in [6.45, 7) is 6.39. The highest BCUT2D eigenvalue weighted by Gasteiger charge is 2.15. The molecule has 110 valence electrons. The zero-order valence-corrected chi connectivity index (χ0v) is 12.4. The summed E-state index contributed by atoms with van der Waals surface area (Å²) in [4.78, 5) is 12.0. The molecule has 6 heteroatoms. The number of benzene rings is 1. The molecule has 21 heavy (non-hydrogen) atoms. The Morgan fingerprint density at radius 2 is 2.38 bits per heavy atom. The van der Waals surface area contributed by atoms with E-state index >= 15 is 0 Å². The molecule has 0 aliphatic rings. The number of amides is 1. The van der Waals surface area contributed by atoms with Crippen molar-refractivity contribution in [3.8, 4) is 17.0 Å². The molecule has 1 amide bonds. The van der Waals surface area contributed by atoms with Crippen LogP contribution < -0.4 is 10.1 Å². The third kappa shape index (κ3) is 3.44. The van der Waals surface area contributed by atoms with Crippen LogP contribution in [0.1, 0.15) is 17.3 Å². The second-order valence-electron chi connectivity index (χ2n) is 4.24. The van der Waals surface area contributed by atoms with E-state index in [0.717, 1.165) is 5.56 Å². The number of carbonyl (C=O) groups is 1. The SMILES string of the molecule is C=CCNC(=O)c1cn[nH]c1-c1ccc(OCC)c(Cl)c1. The third-order valence-corrected chi connectivity index (χ3v) is 3.11. The molecule has 2 N–H and O–H groups in total. The summed E-state index contributed by atoms with van der Waals surface area (Å²) >= 11 is 6.17. The number of nitrogens with zero attached hydrogens (tertiary/aromatic N) is 1. The number of ether oxygens (including phenoxy) is 1. The van der Waals surface area contributed by atoms with Crippen molar-refractivity contribution in [1.29, 1.82) is 0 Å². The van der Waals surface area contributed by atoms with Gasteiger partial charge in [-0.05, 0) is 25.1 Å². The smallest absolute Gasteiger partial charge is 0.255 e. The van der Waals surface area contributed by atoms with Crippen LogP contribution >= 0.6 is 11.6 Å². The van der Waals surface area contributed by atoms with Gasteiger partial charge in [-0.15, -0.1) is 6.58 Å². The van der Waals surface area contributed by atoms with E-state index in [9.17, 15) is 4.79 Å². The first-order chi connectivity index (χ1) is 10.2. The topological polar surface area (TPSA) is 67.0 Å². The monoisotopic (exact) mass is 305 g/mol. The molecule has 2 aromatic rings. The van der Waals surface area contributed by atoms with Gasteiger partial charge in [0.1, 0.15) is 5.75 Å². The van der Waals surface area contributed by atoms with Crippen LogP contribution in [0.5, 0.6) is 5.75 Å². The van der Waals surface area contributed by atoms with E-state index in [1.807, 2.05) is 13.0 Å². The number of halogens is 1. The number of nitrogens with one attached hydrogen (secondary N) is 2. The summed E-state index contributed by atoms with van der Waals surface area (Å²) in [7, 11) is 0. The van der Waals surface area contributed by atoms with Gasteiger partial charge in [-0.2, -0.15) is 5.10 Å². The lowest BCUT2D eigenvalue weighted by Crippen LogP contribution is -2.23. The van der Waals surface area contributed by atoms with Gasteiger partial charge in [0.2, 0.25) is 0 Å². The lowest BCUT2D eigenvalue weighted by atomic mass is 10.1. The van der Waals surface area contributed by atoms with E-state index in [1.54, 1.807) is 18.2 Å². The minimum atomic E-state index is -0.219. The maximum Gasteiger partial charge on any atom is 0.255 e. The number of aromatic nitrogens is 2. The minimum Gasteiger partial charge on any atom is -0.492 e. The predicted molar refractivity (Wildman–Crippen MR) is 82.7 cm³/mol. The number of H-pyrrole nitrogens is 1. The van der Waals surface area contributed by atoms with E-state index in [2.05, 4.69) is 22.1 Å². The van der Waals surface area contributed by atoms with Crippen molar-refractivity contribution in [1.82, 2.24) is 15.5 Å². The van der Waals surface area contributed by atoms with Gasteiger partial charge in [-0.3, -0.25) is 9.89 Å². The van der Waals surface area contributed by atoms with Crippen LogP contribution in [0.2, 0.25) is 5.02 Å². The van der Waals surface area contributed by atoms with E-state index in [-0.39, 0.29) is 5.91 Å². The van der Waals surface area contributed by atoms with Crippen molar-refractivity contribution in [2.24, 2.45) is 0 Å². The number of hydrogen-bond donors (Lipinski definition) is 2. The van der Waals surface area contributed by atoms with Crippen molar-refractivity contribution in [3.05, 3.63) is 47.6 Å². The molecule has 0 radical (unpaired) electrons. The van der Waals surface area contributed by atoms with Crippen molar-refractivity contribution < 1.29 is 9.53 Å². The Hall–Kier alpha value is -2.27. The summed E-state index contributed by atoms with van der Waals surface area (Å²) in [5.41, 5.74) is 1.84. The van der Waals surface area contributed by atoms with Crippen LogP contribution in [0, 0.1) is 0 Å². The molecule has 0 aliphatic carbocycles. The highest BCUT2D eigenvalue weighted by Crippen LogP contribution is 2.30. The summed E-state index contributed by atoms with van der Waals surface area (Å²) in [6, 6.07) is 5.34. The van der Waals surface area contributed by atoms with Crippen LogP contribution in [0.25, 0.3) is 11.3 Å². The average Bonchev–Trinajstić information content (AvgIpc) is 2.96. The molecule has 0 saturated carbocycles. The molecule has 1 aromatic heterocycles. The molecule has 5 nitrogen and oxygen atoms in total. The Morgan fingerprint density at radius 1 is 1.57 bits per heavy atom. The Kier molecular flexibility index (Phi) is 5.00. The standard InChI is InChI=1S/C15H16ClN3O2/c1-3-7-17-15(20)11-9-18-19-14(11)10-5-6-13(21-4-2)12(16)8-10/h3,5-6,8-9H,1,4,7H2,2H3,(H,17,20)(H,18,19). The molecule has 0 bridgehead atoms. The molecule has 0 unspecified atom stereocenters. The molecule has 2 rings (SSSR count). The van der Waals surface area contributed by atoms with Gasteiger partial charge in [-0.1, -0.05) is 17.7 Å². The van der Waals surface area contributed by atoms with Crippen LogP contribution in [-0.4, -0.2) is 29.3 Å². The Bertz CT molecular complexity index is 652. The van der Waals surface area contributed by atoms with Gasteiger partial charge in [0.15, 0.2) is 0 Å². The summed E-state index contributed by atoms with van der Waals surface area (Å²) in [5, 5.41) is 9.96. The van der Waals surface area contributed by atoms with Gasteiger partial charge >= 0.3 is 0 Å². The maximum atomic E-state index is 12.0. The highest BCUT2D eigenvalue weighted by atomic mass is 35.5. The summed E-state index contributed by atoms with van der Waals surface area (Å²) in [5.74, 6) is 0.392. The molecule has 0 spiro atoms. The molecular weight excluding hydrogens is 290 g/mol. The Balaban J connectivity index is 2.30. The van der Waals surface area contributed by atoms with Crippen LogP contribution in [0.15, 0.2) is 37.1 Å². The summed E-state index contributed by atoms with van der Waals surface area (Å²) < 4.78 is 5.39. The Labute approximate surface area is 128 Å². The lowest BCUT2D eigenvalue weighted by molar-refractivity contribution is 0.0958. The molecule has 0 atom stereocenters. The number of hydrogen-bond acceptors (Lipinski definition) is 3. The summed E-state index contributed by atoms with van der Waals surface area (Å²) in [6.07, 6.45) is 3.10. The zero-order valence-electron chi connectivity index (χ0n) is 11.6. The molecule has 0 fully saturated rings. The van der Waals surface area contributed by atoms with Crippen molar-refractivity contribution >= 4 is 17.5 Å². The first-order valence-electron chi connectivity index (χ1n) is 6.52. The van der Waals surface area contributed by atoms with Crippen molar-refractivity contribution in [3.63, 3.8) is 0 Å². The van der Waals surface area contributed by atoms with Crippen LogP contribution in [-0.2, 0) is 0 Å². The maximum absolute atomic E-state index is 12.0. The largest absolute Gasteiger partial charge is 0.492 e. The number of carbonyl (C=O) groups excluding carboxylic acids is 1. The Morgan fingerprint density at radius 3 is 3.05 bits per heavy atom. The molecule has 0 saturated heterocycles. The number of rotatable bonds is 6. The average molecular weight is 306 g/mol. The van der Waals surface area contributed by atoms with Crippen LogP contribution in [0.3, 0.4) is 0 Å². The van der Waals surface area contributed by atoms with Crippen molar-refractivity contribution in [2.45, 2.75) is 6.92 Å². The molecular formula is C15H16ClN3O2. The molecule has 1 heterocycles. The van der Waals surface area contributed by atoms with Gasteiger partial charge in [0, 0.05) is 12.1 Å². The number of aromatic amines is 1. The zero-order chi connectivity index (χ0) is 15.2. The van der Waals surface area contributed by atoms with Gasteiger partial charge in [0.25, 0.3) is 5.91 Å². The van der Waals surface area contributed by atoms with Crippen LogP contribution in [0.4, 0.5) is 0 Å². The fourth-order valence-electron chi connectivity index (χ4n) is 1.87. The molecule has 1 aromatic carbocycles. The first-order valence-corrected chi connectivity index (χ1v) is 6.90. The van der Waals surface area contributed by atoms with Gasteiger partial charge < -0.3 is 10.1 Å². The minimum absolute atomic E-state index is 0.219. The van der Waals surface area contributed by atoms with E-state index in [0.29, 0.717) is 35.2 Å². The third-order valence-electron chi connectivity index (χ3n) is 2.81. The molecule has 0 aliphatic heterocycles. The quantitative estimate of drug-likeness (QED) is 0.806. The fraction of sp³-hybridized carbons (Fsp3) is 0.200. The van der Waals surface area contributed by atoms with E-state index in [4.69, 9.17) is 16.3 Å². The van der Waals surface area contributed by atoms with Crippen molar-refractivity contribution in [2.75, 3.05) is 13.2 Å². The predicted octanol–water partition coefficient (Wildman–Crippen LogP) is 3.04. The lowest BCUT2D eigenvalue weighted by Gasteiger charge is -2.08. The van der Waals surface area contributed by atoms with Gasteiger partial charge in [0.05, 0.1) is 29.1 Å². The normalized spacial score (nSPS) is 10.2. The highest BCUT2D eigenvalue weighted by molar-refractivity contribution is 6.32. The first kappa shape index (κ1) is 15.1. The fourth-order valence-corrected chi connectivity index (χ4v) is 2.10.